The number of halogens is 1. The molecule has 1 amide bonds. The number of benzene rings is 2. The van der Waals surface area contributed by atoms with Crippen molar-refractivity contribution in [2.45, 2.75) is 44.1 Å². The van der Waals surface area contributed by atoms with Crippen LogP contribution in [-0.2, 0) is 10.2 Å². The van der Waals surface area contributed by atoms with Crippen molar-refractivity contribution in [1.82, 2.24) is 10.2 Å². The van der Waals surface area contributed by atoms with E-state index >= 15 is 0 Å². The van der Waals surface area contributed by atoms with Crippen LogP contribution in [-0.4, -0.2) is 30.4 Å². The van der Waals surface area contributed by atoms with Crippen molar-refractivity contribution in [2.75, 3.05) is 19.6 Å². The van der Waals surface area contributed by atoms with Crippen molar-refractivity contribution in [3.63, 3.8) is 0 Å². The Hall–Kier alpha value is -1.65. The summed E-state index contributed by atoms with van der Waals surface area (Å²) in [6, 6.07) is 19.6. The first-order valence-electron chi connectivity index (χ1n) is 10.4. The van der Waals surface area contributed by atoms with Gasteiger partial charge in [0.2, 0.25) is 5.91 Å². The van der Waals surface area contributed by atoms with Gasteiger partial charge < -0.3 is 5.32 Å². The molecule has 0 saturated carbocycles. The predicted octanol–water partition coefficient (Wildman–Crippen LogP) is 5.07. The minimum Gasteiger partial charge on any atom is -0.355 e. The maximum Gasteiger partial charge on any atom is 0.230 e. The fourth-order valence-electron chi connectivity index (χ4n) is 5.21. The second-order valence-electron chi connectivity index (χ2n) is 8.23. The van der Waals surface area contributed by atoms with Crippen LogP contribution in [0.1, 0.15) is 49.8 Å². The molecule has 2 fully saturated rings. The molecule has 0 bridgehead atoms. The second-order valence-corrected chi connectivity index (χ2v) is 9.15. The van der Waals surface area contributed by atoms with E-state index in [9.17, 15) is 4.79 Å². The fraction of sp³-hybridized carbons (Fsp3) is 0.458. The predicted molar refractivity (Wildman–Crippen MR) is 117 cm³/mol. The second kappa shape index (κ2) is 8.38. The lowest BCUT2D eigenvalue weighted by molar-refractivity contribution is -0.132. The first-order valence-corrected chi connectivity index (χ1v) is 11.2. The molecule has 2 unspecified atom stereocenters. The molecule has 2 aliphatic rings. The summed E-state index contributed by atoms with van der Waals surface area (Å²) in [5, 5.41) is 3.18. The van der Waals surface area contributed by atoms with E-state index < -0.39 is 0 Å². The summed E-state index contributed by atoms with van der Waals surface area (Å²) in [4.78, 5) is 15.7. The molecule has 0 aliphatic carbocycles. The third kappa shape index (κ3) is 3.65. The van der Waals surface area contributed by atoms with Crippen LogP contribution >= 0.6 is 15.9 Å². The fourth-order valence-corrected chi connectivity index (χ4v) is 5.47. The Kier molecular flexibility index (Phi) is 5.88. The molecular formula is C24H29BrN2O. The van der Waals surface area contributed by atoms with E-state index in [0.717, 1.165) is 49.8 Å². The molecule has 2 aromatic rings. The normalized spacial score (nSPS) is 25.3. The highest BCUT2D eigenvalue weighted by Crippen LogP contribution is 2.44. The van der Waals surface area contributed by atoms with Crippen LogP contribution in [0.25, 0.3) is 0 Å². The van der Waals surface area contributed by atoms with E-state index in [-0.39, 0.29) is 11.3 Å². The summed E-state index contributed by atoms with van der Waals surface area (Å²) in [7, 11) is 0. The van der Waals surface area contributed by atoms with Crippen LogP contribution in [0.2, 0.25) is 0 Å². The highest BCUT2D eigenvalue weighted by Gasteiger charge is 2.48. The first kappa shape index (κ1) is 19.7. The number of amides is 1. The Morgan fingerprint density at radius 3 is 2.39 bits per heavy atom. The lowest BCUT2D eigenvalue weighted by Gasteiger charge is -2.47. The molecule has 28 heavy (non-hydrogen) atoms. The zero-order valence-electron chi connectivity index (χ0n) is 16.5. The van der Waals surface area contributed by atoms with Gasteiger partial charge in [0.05, 0.1) is 5.41 Å². The number of piperidine rings is 2. The molecule has 0 aromatic heterocycles. The van der Waals surface area contributed by atoms with Gasteiger partial charge >= 0.3 is 0 Å². The van der Waals surface area contributed by atoms with Gasteiger partial charge in [0.15, 0.2) is 0 Å². The maximum absolute atomic E-state index is 13.2. The Balaban J connectivity index is 1.52. The summed E-state index contributed by atoms with van der Waals surface area (Å²) in [5.41, 5.74) is 2.20. The largest absolute Gasteiger partial charge is 0.355 e. The van der Waals surface area contributed by atoms with Gasteiger partial charge in [-0.2, -0.15) is 0 Å². The van der Waals surface area contributed by atoms with Crippen molar-refractivity contribution in [3.05, 3.63) is 70.2 Å². The standard InChI is InChI=1S/C24H29BrN2O/c1-18(19-8-10-22(25)11-9-19)27-16-12-21(13-17-27)24(14-5-15-26-23(24)28)20-6-3-2-4-7-20/h2-4,6-11,18,21H,5,12-17H2,1H3,(H,26,28). The Morgan fingerprint density at radius 2 is 1.75 bits per heavy atom. The highest BCUT2D eigenvalue weighted by molar-refractivity contribution is 9.10. The van der Waals surface area contributed by atoms with Crippen LogP contribution in [0.15, 0.2) is 59.1 Å². The van der Waals surface area contributed by atoms with Crippen molar-refractivity contribution < 1.29 is 4.79 Å². The van der Waals surface area contributed by atoms with E-state index in [2.05, 4.69) is 81.6 Å². The molecule has 3 nitrogen and oxygen atoms in total. The van der Waals surface area contributed by atoms with Crippen LogP contribution < -0.4 is 5.32 Å². The Labute approximate surface area is 176 Å². The maximum atomic E-state index is 13.2. The number of rotatable bonds is 4. The zero-order chi connectivity index (χ0) is 19.6. The van der Waals surface area contributed by atoms with Gasteiger partial charge in [0.1, 0.15) is 0 Å². The van der Waals surface area contributed by atoms with Gasteiger partial charge in [-0.15, -0.1) is 0 Å². The van der Waals surface area contributed by atoms with Crippen molar-refractivity contribution in [3.8, 4) is 0 Å². The number of hydrogen-bond acceptors (Lipinski definition) is 2. The molecule has 2 aliphatic heterocycles. The van der Waals surface area contributed by atoms with Crippen molar-refractivity contribution >= 4 is 21.8 Å². The Morgan fingerprint density at radius 1 is 1.07 bits per heavy atom. The van der Waals surface area contributed by atoms with Crippen LogP contribution in [0.4, 0.5) is 0 Å². The summed E-state index contributed by atoms with van der Waals surface area (Å²) in [6.07, 6.45) is 4.18. The number of nitrogens with one attached hydrogen (secondary N) is 1. The molecule has 4 rings (SSSR count). The molecule has 0 spiro atoms. The van der Waals surface area contributed by atoms with Gasteiger partial charge in [-0.3, -0.25) is 9.69 Å². The smallest absolute Gasteiger partial charge is 0.230 e. The number of hydrogen-bond donors (Lipinski definition) is 1. The summed E-state index contributed by atoms with van der Waals surface area (Å²) in [6.45, 7) is 5.20. The molecule has 2 atom stereocenters. The van der Waals surface area contributed by atoms with E-state index in [4.69, 9.17) is 0 Å². The quantitative estimate of drug-likeness (QED) is 0.719. The van der Waals surface area contributed by atoms with Gasteiger partial charge in [0.25, 0.3) is 0 Å². The van der Waals surface area contributed by atoms with E-state index in [1.165, 1.54) is 11.1 Å². The van der Waals surface area contributed by atoms with Crippen LogP contribution in [0.3, 0.4) is 0 Å². The number of carbonyl (C=O) groups is 1. The highest BCUT2D eigenvalue weighted by atomic mass is 79.9. The molecule has 148 valence electrons. The lowest BCUT2D eigenvalue weighted by atomic mass is 9.62. The molecule has 4 heteroatoms. The van der Waals surface area contributed by atoms with Crippen LogP contribution in [0.5, 0.6) is 0 Å². The van der Waals surface area contributed by atoms with Gasteiger partial charge in [-0.25, -0.2) is 0 Å². The average molecular weight is 441 g/mol. The third-order valence-electron chi connectivity index (χ3n) is 6.85. The SMILES string of the molecule is CC(c1ccc(Br)cc1)N1CCC(C2(c3ccccc3)CCCNC2=O)CC1. The van der Waals surface area contributed by atoms with Crippen molar-refractivity contribution in [2.24, 2.45) is 5.92 Å². The lowest BCUT2D eigenvalue weighted by Crippen LogP contribution is -2.55. The number of likely N-dealkylation sites (tertiary alicyclic amines) is 1. The molecule has 2 saturated heterocycles. The van der Waals surface area contributed by atoms with Gasteiger partial charge in [-0.1, -0.05) is 58.4 Å². The number of nitrogens with zero attached hydrogens (tertiary/aromatic N) is 1. The average Bonchev–Trinajstić information content (AvgIpc) is 2.75. The van der Waals surface area contributed by atoms with Crippen molar-refractivity contribution in [1.29, 1.82) is 0 Å². The summed E-state index contributed by atoms with van der Waals surface area (Å²) < 4.78 is 1.12. The minimum atomic E-state index is -0.355. The van der Waals surface area contributed by atoms with Gasteiger partial charge in [-0.05, 0) is 74.9 Å². The zero-order valence-corrected chi connectivity index (χ0v) is 18.1. The molecule has 2 heterocycles. The Bertz CT molecular complexity index is 799. The topological polar surface area (TPSA) is 32.3 Å². The van der Waals surface area contributed by atoms with Gasteiger partial charge in [0, 0.05) is 17.1 Å². The number of carbonyl (C=O) groups excluding carboxylic acids is 1. The first-order chi connectivity index (χ1) is 13.6. The third-order valence-corrected chi connectivity index (χ3v) is 7.38. The summed E-state index contributed by atoms with van der Waals surface area (Å²) in [5.74, 6) is 0.646. The molecule has 1 N–H and O–H groups in total. The molecule has 0 radical (unpaired) electrons. The summed E-state index contributed by atoms with van der Waals surface area (Å²) >= 11 is 3.52. The van der Waals surface area contributed by atoms with E-state index in [1.54, 1.807) is 0 Å². The van der Waals surface area contributed by atoms with E-state index in [0.29, 0.717) is 12.0 Å². The molecule has 2 aromatic carbocycles. The van der Waals surface area contributed by atoms with Crippen LogP contribution in [0, 0.1) is 5.92 Å². The minimum absolute atomic E-state index is 0.240. The molecular weight excluding hydrogens is 412 g/mol. The van der Waals surface area contributed by atoms with E-state index in [1.807, 2.05) is 6.07 Å². The monoisotopic (exact) mass is 440 g/mol.